The summed E-state index contributed by atoms with van der Waals surface area (Å²) >= 11 is 0. The standard InChI is InChI=1S/C19H18N2O2/c1-12-8-16-9-14(6-7-18(16)20-12)10-19(23)21-17-5-3-4-15(11-17)13(2)22/h3-9,11,20H,10H2,1-2H3,(H,21,23). The van der Waals surface area contributed by atoms with Crippen LogP contribution in [0, 0.1) is 6.92 Å². The number of anilines is 1. The van der Waals surface area contributed by atoms with Crippen LogP contribution in [0.5, 0.6) is 0 Å². The maximum atomic E-state index is 12.2. The van der Waals surface area contributed by atoms with Crippen LogP contribution in [0.15, 0.2) is 48.5 Å². The molecule has 0 aliphatic carbocycles. The van der Waals surface area contributed by atoms with Gasteiger partial charge in [0.2, 0.25) is 5.91 Å². The molecule has 4 nitrogen and oxygen atoms in total. The van der Waals surface area contributed by atoms with Crippen LogP contribution in [0.4, 0.5) is 5.69 Å². The Balaban J connectivity index is 1.73. The summed E-state index contributed by atoms with van der Waals surface area (Å²) in [6, 6.07) is 15.0. The van der Waals surface area contributed by atoms with E-state index in [4.69, 9.17) is 0 Å². The van der Waals surface area contributed by atoms with Crippen molar-refractivity contribution >= 4 is 28.3 Å². The largest absolute Gasteiger partial charge is 0.359 e. The van der Waals surface area contributed by atoms with E-state index >= 15 is 0 Å². The third kappa shape index (κ3) is 3.48. The van der Waals surface area contributed by atoms with E-state index in [1.807, 2.05) is 25.1 Å². The van der Waals surface area contributed by atoms with Crippen LogP contribution in [0.2, 0.25) is 0 Å². The van der Waals surface area contributed by atoms with Crippen molar-refractivity contribution in [1.29, 1.82) is 0 Å². The molecule has 0 aliphatic heterocycles. The monoisotopic (exact) mass is 306 g/mol. The molecule has 2 aromatic carbocycles. The smallest absolute Gasteiger partial charge is 0.228 e. The number of Topliss-reactive ketones (excluding diaryl/α,β-unsaturated/α-hetero) is 1. The molecule has 0 spiro atoms. The van der Waals surface area contributed by atoms with E-state index in [2.05, 4.69) is 16.4 Å². The first kappa shape index (κ1) is 15.0. The molecule has 0 aliphatic rings. The fourth-order valence-electron chi connectivity index (χ4n) is 2.64. The van der Waals surface area contributed by atoms with Crippen molar-refractivity contribution < 1.29 is 9.59 Å². The van der Waals surface area contributed by atoms with Crippen molar-refractivity contribution in [3.8, 4) is 0 Å². The fraction of sp³-hybridized carbons (Fsp3) is 0.158. The predicted molar refractivity (Wildman–Crippen MR) is 91.8 cm³/mol. The number of benzene rings is 2. The van der Waals surface area contributed by atoms with E-state index in [0.717, 1.165) is 22.2 Å². The average molecular weight is 306 g/mol. The Morgan fingerprint density at radius 1 is 1.09 bits per heavy atom. The quantitative estimate of drug-likeness (QED) is 0.719. The Labute approximate surface area is 134 Å². The number of nitrogens with one attached hydrogen (secondary N) is 2. The Morgan fingerprint density at radius 3 is 2.70 bits per heavy atom. The predicted octanol–water partition coefficient (Wildman–Crippen LogP) is 3.86. The lowest BCUT2D eigenvalue weighted by Crippen LogP contribution is -2.14. The molecule has 3 aromatic rings. The van der Waals surface area contributed by atoms with Gasteiger partial charge in [-0.25, -0.2) is 0 Å². The summed E-state index contributed by atoms with van der Waals surface area (Å²) in [6.07, 6.45) is 0.296. The Hall–Kier alpha value is -2.88. The van der Waals surface area contributed by atoms with Gasteiger partial charge in [0.05, 0.1) is 6.42 Å². The van der Waals surface area contributed by atoms with Crippen molar-refractivity contribution in [3.05, 3.63) is 65.4 Å². The number of aromatic amines is 1. The molecule has 0 saturated heterocycles. The molecule has 3 rings (SSSR count). The number of fused-ring (bicyclic) bond motifs is 1. The van der Waals surface area contributed by atoms with Gasteiger partial charge < -0.3 is 10.3 Å². The summed E-state index contributed by atoms with van der Waals surface area (Å²) in [7, 11) is 0. The average Bonchev–Trinajstić information content (AvgIpc) is 2.86. The zero-order valence-corrected chi connectivity index (χ0v) is 13.1. The number of carbonyl (C=O) groups excluding carboxylic acids is 2. The molecule has 0 unspecified atom stereocenters. The lowest BCUT2D eigenvalue weighted by atomic mass is 10.1. The van der Waals surface area contributed by atoms with Crippen LogP contribution in [0.3, 0.4) is 0 Å². The Bertz CT molecular complexity index is 893. The molecule has 0 radical (unpaired) electrons. The van der Waals surface area contributed by atoms with Crippen molar-refractivity contribution in [3.63, 3.8) is 0 Å². The van der Waals surface area contributed by atoms with E-state index in [0.29, 0.717) is 17.7 Å². The van der Waals surface area contributed by atoms with E-state index in [1.165, 1.54) is 6.92 Å². The van der Waals surface area contributed by atoms with Crippen LogP contribution < -0.4 is 5.32 Å². The summed E-state index contributed by atoms with van der Waals surface area (Å²) in [5.74, 6) is -0.119. The molecule has 116 valence electrons. The minimum atomic E-state index is -0.0997. The highest BCUT2D eigenvalue weighted by Gasteiger charge is 2.07. The van der Waals surface area contributed by atoms with E-state index < -0.39 is 0 Å². The van der Waals surface area contributed by atoms with Gasteiger partial charge in [-0.2, -0.15) is 0 Å². The molecular weight excluding hydrogens is 288 g/mol. The normalized spacial score (nSPS) is 10.7. The Morgan fingerprint density at radius 2 is 1.91 bits per heavy atom. The number of amides is 1. The van der Waals surface area contributed by atoms with Gasteiger partial charge in [-0.15, -0.1) is 0 Å². The van der Waals surface area contributed by atoms with Gasteiger partial charge in [0.25, 0.3) is 0 Å². The fourth-order valence-corrected chi connectivity index (χ4v) is 2.64. The molecule has 1 amide bonds. The van der Waals surface area contributed by atoms with Crippen LogP contribution in [-0.2, 0) is 11.2 Å². The van der Waals surface area contributed by atoms with Crippen molar-refractivity contribution in [2.75, 3.05) is 5.32 Å². The third-order valence-corrected chi connectivity index (χ3v) is 3.74. The maximum absolute atomic E-state index is 12.2. The Kier molecular flexibility index (Phi) is 3.98. The summed E-state index contributed by atoms with van der Waals surface area (Å²) in [4.78, 5) is 26.8. The molecule has 0 saturated carbocycles. The molecule has 0 bridgehead atoms. The number of aromatic nitrogens is 1. The molecular formula is C19H18N2O2. The number of H-pyrrole nitrogens is 1. The first-order valence-corrected chi connectivity index (χ1v) is 7.50. The topological polar surface area (TPSA) is 62.0 Å². The number of carbonyl (C=O) groups is 2. The van der Waals surface area contributed by atoms with E-state index in [-0.39, 0.29) is 11.7 Å². The first-order chi connectivity index (χ1) is 11.0. The molecule has 23 heavy (non-hydrogen) atoms. The molecule has 1 heterocycles. The van der Waals surface area contributed by atoms with Gasteiger partial charge in [0.1, 0.15) is 0 Å². The molecule has 0 atom stereocenters. The van der Waals surface area contributed by atoms with Crippen molar-refractivity contribution in [2.45, 2.75) is 20.3 Å². The van der Waals surface area contributed by atoms with Gasteiger partial charge in [-0.1, -0.05) is 18.2 Å². The molecule has 2 N–H and O–H groups in total. The summed E-state index contributed by atoms with van der Waals surface area (Å²) in [5, 5.41) is 3.94. The molecule has 4 heteroatoms. The maximum Gasteiger partial charge on any atom is 0.228 e. The zero-order chi connectivity index (χ0) is 16.4. The van der Waals surface area contributed by atoms with Gasteiger partial charge in [0, 0.05) is 22.5 Å². The first-order valence-electron chi connectivity index (χ1n) is 7.50. The number of aryl methyl sites for hydroxylation is 1. The van der Waals surface area contributed by atoms with Crippen LogP contribution >= 0.6 is 0 Å². The summed E-state index contributed by atoms with van der Waals surface area (Å²) in [5.41, 5.74) is 4.36. The van der Waals surface area contributed by atoms with Crippen LogP contribution in [0.25, 0.3) is 10.9 Å². The summed E-state index contributed by atoms with van der Waals surface area (Å²) < 4.78 is 0. The number of rotatable bonds is 4. The molecule has 0 fully saturated rings. The highest BCUT2D eigenvalue weighted by Crippen LogP contribution is 2.18. The molecule has 1 aromatic heterocycles. The number of ketones is 1. The van der Waals surface area contributed by atoms with Crippen molar-refractivity contribution in [1.82, 2.24) is 4.98 Å². The minimum Gasteiger partial charge on any atom is -0.359 e. The zero-order valence-electron chi connectivity index (χ0n) is 13.1. The lowest BCUT2D eigenvalue weighted by molar-refractivity contribution is -0.115. The highest BCUT2D eigenvalue weighted by atomic mass is 16.1. The number of hydrogen-bond acceptors (Lipinski definition) is 2. The van der Waals surface area contributed by atoms with Gasteiger partial charge in [-0.3, -0.25) is 9.59 Å². The van der Waals surface area contributed by atoms with Gasteiger partial charge in [-0.05, 0) is 55.1 Å². The van der Waals surface area contributed by atoms with Crippen LogP contribution in [-0.4, -0.2) is 16.7 Å². The SMILES string of the molecule is CC(=O)c1cccc(NC(=O)Cc2ccc3[nH]c(C)cc3c2)c1. The number of hydrogen-bond donors (Lipinski definition) is 2. The van der Waals surface area contributed by atoms with Crippen LogP contribution in [0.1, 0.15) is 28.5 Å². The van der Waals surface area contributed by atoms with E-state index in [1.54, 1.807) is 24.3 Å². The third-order valence-electron chi connectivity index (χ3n) is 3.74. The van der Waals surface area contributed by atoms with Crippen molar-refractivity contribution in [2.24, 2.45) is 0 Å². The lowest BCUT2D eigenvalue weighted by Gasteiger charge is -2.07. The second-order valence-electron chi connectivity index (χ2n) is 5.74. The van der Waals surface area contributed by atoms with Gasteiger partial charge >= 0.3 is 0 Å². The minimum absolute atomic E-state index is 0.0191. The second-order valence-corrected chi connectivity index (χ2v) is 5.74. The van der Waals surface area contributed by atoms with Gasteiger partial charge in [0.15, 0.2) is 5.78 Å². The summed E-state index contributed by atoms with van der Waals surface area (Å²) in [6.45, 7) is 3.52. The second kappa shape index (κ2) is 6.08. The highest BCUT2D eigenvalue weighted by molar-refractivity contribution is 5.97. The van der Waals surface area contributed by atoms with E-state index in [9.17, 15) is 9.59 Å².